The monoisotopic (exact) mass is 1850 g/mol. The summed E-state index contributed by atoms with van der Waals surface area (Å²) >= 11 is 0. The topological polar surface area (TPSA) is 326 Å². The van der Waals surface area contributed by atoms with Gasteiger partial charge in [-0.2, -0.15) is 0 Å². The number of nitrogens with one attached hydrogen (secondary N) is 3. The number of ether oxygens (including phenoxy) is 6. The van der Waals surface area contributed by atoms with Crippen molar-refractivity contribution in [3.63, 3.8) is 0 Å². The maximum atomic E-state index is 14.0. The summed E-state index contributed by atoms with van der Waals surface area (Å²) < 4.78 is 45.0. The maximum Gasteiger partial charge on any atom is 0.410 e. The van der Waals surface area contributed by atoms with Crippen LogP contribution in [-0.2, 0) is 53.5 Å². The molecule has 15 rings (SSSR count). The van der Waals surface area contributed by atoms with Crippen LogP contribution in [0.2, 0.25) is 0 Å². The van der Waals surface area contributed by atoms with Crippen molar-refractivity contribution in [2.24, 2.45) is 5.73 Å². The van der Waals surface area contributed by atoms with Crippen molar-refractivity contribution in [2.45, 2.75) is 233 Å². The summed E-state index contributed by atoms with van der Waals surface area (Å²) in [6.45, 7) is 55.5. The zero-order valence-corrected chi connectivity index (χ0v) is 83.7. The first-order valence-corrected chi connectivity index (χ1v) is 47.5. The number of carbonyl (C=O) groups is 5. The van der Waals surface area contributed by atoms with E-state index in [4.69, 9.17) is 49.1 Å². The molecule has 32 nitrogen and oxygen atoms in total. The van der Waals surface area contributed by atoms with Gasteiger partial charge in [0, 0.05) is 232 Å². The van der Waals surface area contributed by atoms with Gasteiger partial charge < -0.3 is 88.3 Å². The molecule has 4 amide bonds. The number of hydrogen-bond donors (Lipinski definition) is 4. The Balaban J connectivity index is 0.000000172. The van der Waals surface area contributed by atoms with E-state index in [1.54, 1.807) is 31.1 Å². The van der Waals surface area contributed by atoms with Gasteiger partial charge in [-0.3, -0.25) is 28.4 Å². The van der Waals surface area contributed by atoms with Crippen LogP contribution < -0.4 is 55.3 Å². The molecule has 0 bridgehead atoms. The zero-order valence-electron chi connectivity index (χ0n) is 83.7. The second kappa shape index (κ2) is 44.5. The summed E-state index contributed by atoms with van der Waals surface area (Å²) in [6.07, 6.45) is 14.5. The highest BCUT2D eigenvalue weighted by Gasteiger charge is 2.32. The van der Waals surface area contributed by atoms with Crippen LogP contribution in [0.15, 0.2) is 110 Å². The number of methoxy groups -OCH3 is 3. The number of aromatic nitrogens is 12. The largest absolute Gasteiger partial charge is 0.480 e. The number of aryl methyl sites for hydroxylation is 6. The van der Waals surface area contributed by atoms with Gasteiger partial charge in [0.05, 0.1) is 56.6 Å². The Hall–Kier alpha value is -13.0. The first kappa shape index (κ1) is 101. The van der Waals surface area contributed by atoms with Gasteiger partial charge in [0.25, 0.3) is 18.3 Å². The average molecular weight is 1850 g/mol. The second-order valence-corrected chi connectivity index (χ2v) is 36.9. The third kappa shape index (κ3) is 23.2. The highest BCUT2D eigenvalue weighted by atomic mass is 16.6. The number of anilines is 3. The summed E-state index contributed by atoms with van der Waals surface area (Å²) in [6, 6.07) is 25.6. The standard InChI is InChI=1S/C36H49N7O4.C31H41N7O2.C28H36N4O4.C8H15N3O/c1-10-24(4)42-22-23(3)32-28(33(44)38-21-29-25(5)43(11-2)39-34(29)46-9)18-27(19-30(32)42)26-12-13-31(37-20-26)40-14-16-41(17-15-40)35(45)47-36(6,7)8;1-7-21(4)37-19-20(3)29-25(30(39)34-18-26-22(5)38(8-2)35-31(26)40-6)15-24(16-27(29)37)23-9-10-28(33-17-23)36-13-11-32-12-14-36;1-7-20(3)32-17-19(2)26-23(32)14-22(15-24(26)35-18-33)21-8-9-25(29-16-21)30-10-12-31(13-11-30)27(34)36-28(4,5)6;1-4-11-6(2)7(5-9)8(10-11)12-3/h12-13,18-20,22,24H,10-11,14-17,21H2,1-9H3,(H,38,44);9-10,15-17,19,21,32H,7-8,11-14,18H2,1-6H3,(H,34,39);8-9,14-18,20H,7,10-13H2,1-6H3;4-5,9H2,1-3H3. The molecule has 3 aromatic carbocycles. The Morgan fingerprint density at radius 1 is 0.444 bits per heavy atom. The van der Waals surface area contributed by atoms with Gasteiger partial charge in [-0.15, -0.1) is 15.3 Å². The van der Waals surface area contributed by atoms with E-state index in [0.717, 1.165) is 199 Å². The normalized spacial score (nSPS) is 14.3. The Morgan fingerprint density at radius 2 is 0.770 bits per heavy atom. The molecule has 3 atom stereocenters. The van der Waals surface area contributed by atoms with Crippen molar-refractivity contribution in [1.82, 2.24) is 83.7 Å². The molecule has 12 aromatic rings. The minimum atomic E-state index is -0.518. The van der Waals surface area contributed by atoms with Crippen LogP contribution >= 0.6 is 0 Å². The van der Waals surface area contributed by atoms with Gasteiger partial charge in [-0.25, -0.2) is 24.5 Å². The van der Waals surface area contributed by atoms with Crippen LogP contribution in [0, 0.1) is 41.5 Å². The van der Waals surface area contributed by atoms with Crippen LogP contribution in [0.3, 0.4) is 0 Å². The van der Waals surface area contributed by atoms with E-state index in [9.17, 15) is 24.0 Å². The molecule has 3 aliphatic heterocycles. The first-order valence-electron chi connectivity index (χ1n) is 47.5. The molecular weight excluding hydrogens is 1710 g/mol. The SMILES string of the molecule is CCC(C)n1cc(C)c2c(C(=O)NCc3c(OC)nn(CC)c3C)cc(-c3ccc(N4CCN(C(=O)OC(C)(C)C)CC4)nc3)cc21.CCC(C)n1cc(C)c2c(C(=O)NCc3c(OC)nn(CC)c3C)cc(-c3ccc(N4CCNCC4)nc3)cc21.CCC(C)n1cc(C)c2c(OC=O)cc(-c3ccc(N4CCN(C(=O)OC(C)(C)C)CC4)nc3)cc21.CCn1nc(OC)c(CN)c1C. The molecule has 0 radical (unpaired) electrons. The molecule has 0 spiro atoms. The average Bonchev–Trinajstić information content (AvgIpc) is 1.62. The van der Waals surface area contributed by atoms with Gasteiger partial charge in [0.15, 0.2) is 0 Å². The van der Waals surface area contributed by atoms with E-state index < -0.39 is 11.2 Å². The molecule has 3 saturated heterocycles. The summed E-state index contributed by atoms with van der Waals surface area (Å²) in [7, 11) is 4.83. The zero-order chi connectivity index (χ0) is 97.6. The van der Waals surface area contributed by atoms with E-state index in [0.29, 0.717) is 125 Å². The van der Waals surface area contributed by atoms with Gasteiger partial charge in [-0.05, 0) is 250 Å². The molecule has 724 valence electrons. The third-order valence-electron chi connectivity index (χ3n) is 25.8. The predicted molar refractivity (Wildman–Crippen MR) is 534 cm³/mol. The number of carbonyl (C=O) groups excluding carboxylic acids is 5. The van der Waals surface area contributed by atoms with Crippen LogP contribution in [0.5, 0.6) is 23.4 Å². The maximum absolute atomic E-state index is 14.0. The van der Waals surface area contributed by atoms with Crippen LogP contribution in [0.25, 0.3) is 66.1 Å². The fourth-order valence-corrected chi connectivity index (χ4v) is 17.7. The Bertz CT molecular complexity index is 6100. The molecule has 9 aromatic heterocycles. The lowest BCUT2D eigenvalue weighted by molar-refractivity contribution is -0.120. The molecular formula is C103H141N21O11. The molecule has 0 saturated carbocycles. The minimum absolute atomic E-state index is 0.118. The van der Waals surface area contributed by atoms with Gasteiger partial charge in [0.1, 0.15) is 34.4 Å². The minimum Gasteiger partial charge on any atom is -0.480 e. The van der Waals surface area contributed by atoms with Gasteiger partial charge >= 0.3 is 12.2 Å². The number of hydrogen-bond acceptors (Lipinski definition) is 22. The second-order valence-electron chi connectivity index (χ2n) is 36.9. The lowest BCUT2D eigenvalue weighted by Crippen LogP contribution is -2.50. The van der Waals surface area contributed by atoms with E-state index >= 15 is 0 Å². The summed E-state index contributed by atoms with van der Waals surface area (Å²) in [4.78, 5) is 88.4. The summed E-state index contributed by atoms with van der Waals surface area (Å²) in [5.41, 5.74) is 23.7. The molecule has 3 unspecified atom stereocenters. The van der Waals surface area contributed by atoms with Crippen molar-refractivity contribution in [3.8, 4) is 56.8 Å². The number of rotatable bonds is 27. The molecule has 0 aliphatic carbocycles. The molecule has 3 aliphatic rings. The van der Waals surface area contributed by atoms with E-state index in [2.05, 4.69) is 170 Å². The van der Waals surface area contributed by atoms with Gasteiger partial charge in [0.2, 0.25) is 17.6 Å². The highest BCUT2D eigenvalue weighted by Crippen LogP contribution is 2.41. The van der Waals surface area contributed by atoms with Crippen molar-refractivity contribution in [1.29, 1.82) is 0 Å². The summed E-state index contributed by atoms with van der Waals surface area (Å²) in [5, 5.41) is 25.9. The lowest BCUT2D eigenvalue weighted by Gasteiger charge is -2.36. The third-order valence-corrected chi connectivity index (χ3v) is 25.8. The Morgan fingerprint density at radius 3 is 1.07 bits per heavy atom. The van der Waals surface area contributed by atoms with Crippen LogP contribution in [-0.4, -0.2) is 209 Å². The number of nitrogens with zero attached hydrogens (tertiary/aromatic N) is 17. The van der Waals surface area contributed by atoms with Crippen molar-refractivity contribution in [3.05, 3.63) is 172 Å². The number of pyridine rings is 3. The highest BCUT2D eigenvalue weighted by molar-refractivity contribution is 6.11. The molecule has 5 N–H and O–H groups in total. The van der Waals surface area contributed by atoms with E-state index in [1.807, 2.05) is 159 Å². The quantitative estimate of drug-likeness (QED) is 0.0348. The van der Waals surface area contributed by atoms with Crippen molar-refractivity contribution in [2.75, 3.05) is 115 Å². The first-order chi connectivity index (χ1) is 64.5. The molecule has 32 heteroatoms. The lowest BCUT2D eigenvalue weighted by atomic mass is 9.98. The van der Waals surface area contributed by atoms with E-state index in [-0.39, 0.29) is 30.0 Å². The number of piperazine rings is 3. The van der Waals surface area contributed by atoms with Gasteiger partial charge in [-0.1, -0.05) is 20.8 Å². The van der Waals surface area contributed by atoms with Crippen LogP contribution in [0.4, 0.5) is 27.0 Å². The number of fused-ring (bicyclic) bond motifs is 3. The van der Waals surface area contributed by atoms with Crippen molar-refractivity contribution < 1.29 is 52.4 Å². The van der Waals surface area contributed by atoms with Crippen molar-refractivity contribution >= 4 is 80.6 Å². The Labute approximate surface area is 794 Å². The fourth-order valence-electron chi connectivity index (χ4n) is 17.7. The molecule has 3 fully saturated rings. The smallest absolute Gasteiger partial charge is 0.410 e. The number of amides is 4. The molecule has 12 heterocycles. The van der Waals surface area contributed by atoms with Crippen LogP contribution in [0.1, 0.15) is 212 Å². The predicted octanol–water partition coefficient (Wildman–Crippen LogP) is 17.6. The van der Waals surface area contributed by atoms with E-state index in [1.165, 1.54) is 0 Å². The fraction of sp³-hybridized carbons (Fsp3) is 0.485. The Kier molecular flexibility index (Phi) is 33.3. The number of nitrogens with two attached hydrogens (primary N) is 1. The number of benzene rings is 3. The summed E-state index contributed by atoms with van der Waals surface area (Å²) in [5.74, 6) is 4.72. The molecule has 135 heavy (non-hydrogen) atoms.